The minimum absolute atomic E-state index is 0.393. The van der Waals surface area contributed by atoms with E-state index in [0.717, 1.165) is 11.6 Å². The van der Waals surface area contributed by atoms with Crippen molar-refractivity contribution < 1.29 is 0 Å². The molecule has 88 valence electrons. The highest BCUT2D eigenvalue weighted by Crippen LogP contribution is 2.21. The van der Waals surface area contributed by atoms with Crippen molar-refractivity contribution >= 4 is 29.1 Å². The smallest absolute Gasteiger partial charge is 0.139 e. The van der Waals surface area contributed by atoms with E-state index in [1.807, 2.05) is 13.1 Å². The molecule has 0 radical (unpaired) electrons. The molecule has 0 atom stereocenters. The van der Waals surface area contributed by atoms with E-state index in [4.69, 9.17) is 11.6 Å². The molecule has 0 aliphatic carbocycles. The zero-order chi connectivity index (χ0) is 12.3. The number of nitrogens with one attached hydrogen (secondary N) is 1. The van der Waals surface area contributed by atoms with Crippen molar-refractivity contribution in [2.75, 3.05) is 24.3 Å². The Morgan fingerprint density at radius 1 is 1.06 bits per heavy atom. The predicted octanol–water partition coefficient (Wildman–Crippen LogP) is 1.73. The molecule has 2 aromatic heterocycles. The van der Waals surface area contributed by atoms with Crippen LogP contribution in [0.15, 0.2) is 24.8 Å². The number of nitrogens with zero attached hydrogens (tertiary/aromatic N) is 5. The highest BCUT2D eigenvalue weighted by molar-refractivity contribution is 6.29. The zero-order valence-electron chi connectivity index (χ0n) is 9.42. The molecule has 2 aromatic rings. The van der Waals surface area contributed by atoms with Gasteiger partial charge in [0.1, 0.15) is 35.3 Å². The molecule has 0 aliphatic rings. The first-order valence-corrected chi connectivity index (χ1v) is 5.29. The van der Waals surface area contributed by atoms with E-state index in [9.17, 15) is 0 Å². The topological polar surface area (TPSA) is 66.8 Å². The van der Waals surface area contributed by atoms with Crippen molar-refractivity contribution in [3.63, 3.8) is 0 Å². The maximum atomic E-state index is 5.81. The normalized spacial score (nSPS) is 10.1. The second-order valence-electron chi connectivity index (χ2n) is 3.27. The minimum Gasteiger partial charge on any atom is -0.373 e. The van der Waals surface area contributed by atoms with Crippen molar-refractivity contribution in [2.24, 2.45) is 0 Å². The third-order valence-corrected chi connectivity index (χ3v) is 2.42. The maximum Gasteiger partial charge on any atom is 0.139 e. The van der Waals surface area contributed by atoms with Gasteiger partial charge in [0.15, 0.2) is 0 Å². The molecule has 0 fully saturated rings. The molecule has 0 aliphatic heterocycles. The lowest BCUT2D eigenvalue weighted by atomic mass is 10.4. The van der Waals surface area contributed by atoms with Crippen LogP contribution in [0.1, 0.15) is 0 Å². The van der Waals surface area contributed by atoms with Gasteiger partial charge in [0, 0.05) is 26.2 Å². The van der Waals surface area contributed by atoms with Crippen molar-refractivity contribution in [3.05, 3.63) is 29.9 Å². The lowest BCUT2D eigenvalue weighted by Crippen LogP contribution is -2.13. The monoisotopic (exact) mass is 250 g/mol. The molecule has 7 heteroatoms. The number of hydrogen-bond donors (Lipinski definition) is 1. The van der Waals surface area contributed by atoms with Crippen molar-refractivity contribution in [3.8, 4) is 0 Å². The Bertz CT molecular complexity index is 518. The highest BCUT2D eigenvalue weighted by atomic mass is 35.5. The second-order valence-corrected chi connectivity index (χ2v) is 3.66. The van der Waals surface area contributed by atoms with Gasteiger partial charge in [0.25, 0.3) is 0 Å². The third-order valence-electron chi connectivity index (χ3n) is 2.22. The average molecular weight is 251 g/mol. The highest BCUT2D eigenvalue weighted by Gasteiger charge is 2.08. The van der Waals surface area contributed by atoms with Crippen LogP contribution < -0.4 is 10.2 Å². The fraction of sp³-hybridized carbons (Fsp3) is 0.200. The fourth-order valence-corrected chi connectivity index (χ4v) is 1.43. The van der Waals surface area contributed by atoms with Gasteiger partial charge >= 0.3 is 0 Å². The van der Waals surface area contributed by atoms with Gasteiger partial charge in [-0.1, -0.05) is 11.6 Å². The molecule has 0 saturated carbocycles. The molecule has 0 amide bonds. The summed E-state index contributed by atoms with van der Waals surface area (Å²) in [5.41, 5.74) is 0. The quantitative estimate of drug-likeness (QED) is 0.837. The molecule has 0 spiro atoms. The van der Waals surface area contributed by atoms with Gasteiger partial charge in [-0.3, -0.25) is 0 Å². The van der Waals surface area contributed by atoms with E-state index < -0.39 is 0 Å². The van der Waals surface area contributed by atoms with Crippen LogP contribution in [-0.4, -0.2) is 34.0 Å². The number of halogens is 1. The molecular weight excluding hydrogens is 240 g/mol. The summed E-state index contributed by atoms with van der Waals surface area (Å²) in [6, 6.07) is 3.48. The van der Waals surface area contributed by atoms with E-state index in [1.165, 1.54) is 12.7 Å². The Morgan fingerprint density at radius 2 is 1.71 bits per heavy atom. The van der Waals surface area contributed by atoms with Gasteiger partial charge in [-0.15, -0.1) is 0 Å². The van der Waals surface area contributed by atoms with Gasteiger partial charge in [-0.2, -0.15) is 0 Å². The molecule has 2 rings (SSSR count). The van der Waals surface area contributed by atoms with Crippen LogP contribution in [0.4, 0.5) is 17.5 Å². The lowest BCUT2D eigenvalue weighted by Gasteiger charge is -2.17. The third kappa shape index (κ3) is 2.59. The van der Waals surface area contributed by atoms with Crippen molar-refractivity contribution in [2.45, 2.75) is 0 Å². The molecule has 0 bridgehead atoms. The first-order chi connectivity index (χ1) is 8.20. The Balaban J connectivity index is 2.33. The van der Waals surface area contributed by atoms with Crippen LogP contribution in [0.25, 0.3) is 0 Å². The Hall–Kier alpha value is -1.95. The van der Waals surface area contributed by atoms with Crippen LogP contribution >= 0.6 is 11.6 Å². The largest absolute Gasteiger partial charge is 0.373 e. The van der Waals surface area contributed by atoms with Gasteiger partial charge in [-0.25, -0.2) is 19.9 Å². The van der Waals surface area contributed by atoms with Crippen LogP contribution in [0.5, 0.6) is 0 Å². The molecule has 0 unspecified atom stereocenters. The van der Waals surface area contributed by atoms with Crippen LogP contribution in [0.3, 0.4) is 0 Å². The molecule has 2 heterocycles. The summed E-state index contributed by atoms with van der Waals surface area (Å²) in [7, 11) is 3.65. The van der Waals surface area contributed by atoms with E-state index in [0.29, 0.717) is 11.0 Å². The van der Waals surface area contributed by atoms with E-state index in [-0.39, 0.29) is 0 Å². The van der Waals surface area contributed by atoms with E-state index in [2.05, 4.69) is 25.3 Å². The lowest BCUT2D eigenvalue weighted by molar-refractivity contribution is 1.03. The maximum absolute atomic E-state index is 5.81. The molecular formula is C10H11ClN6. The summed E-state index contributed by atoms with van der Waals surface area (Å²) < 4.78 is 0. The molecule has 0 aromatic carbocycles. The summed E-state index contributed by atoms with van der Waals surface area (Å²) >= 11 is 5.81. The van der Waals surface area contributed by atoms with Gasteiger partial charge in [0.05, 0.1) is 0 Å². The molecule has 17 heavy (non-hydrogen) atoms. The SMILES string of the molecule is CNc1cc(N(C)c2cc(Cl)ncn2)ncn1. The first kappa shape index (κ1) is 11.5. The van der Waals surface area contributed by atoms with Crippen LogP contribution in [0.2, 0.25) is 5.15 Å². The van der Waals surface area contributed by atoms with Crippen LogP contribution in [-0.2, 0) is 0 Å². The number of hydrogen-bond acceptors (Lipinski definition) is 6. The fourth-order valence-electron chi connectivity index (χ4n) is 1.29. The van der Waals surface area contributed by atoms with Crippen molar-refractivity contribution in [1.82, 2.24) is 19.9 Å². The van der Waals surface area contributed by atoms with Gasteiger partial charge < -0.3 is 10.2 Å². The van der Waals surface area contributed by atoms with E-state index >= 15 is 0 Å². The number of rotatable bonds is 3. The van der Waals surface area contributed by atoms with Gasteiger partial charge in [0.2, 0.25) is 0 Å². The van der Waals surface area contributed by atoms with E-state index in [1.54, 1.807) is 18.0 Å². The molecule has 1 N–H and O–H groups in total. The summed E-state index contributed by atoms with van der Waals surface area (Å²) in [6.07, 6.45) is 2.90. The first-order valence-electron chi connectivity index (χ1n) is 4.92. The predicted molar refractivity (Wildman–Crippen MR) is 66.7 cm³/mol. The van der Waals surface area contributed by atoms with Gasteiger partial charge in [-0.05, 0) is 0 Å². The number of aromatic nitrogens is 4. The van der Waals surface area contributed by atoms with Crippen LogP contribution in [0, 0.1) is 0 Å². The Morgan fingerprint density at radius 3 is 2.35 bits per heavy atom. The summed E-state index contributed by atoms with van der Waals surface area (Å²) in [4.78, 5) is 18.0. The van der Waals surface area contributed by atoms with Crippen molar-refractivity contribution in [1.29, 1.82) is 0 Å². The minimum atomic E-state index is 0.393. The standard InChI is InChI=1S/C10H11ClN6/c1-12-8-4-10(16-6-14-8)17(2)9-3-7(11)13-5-15-9/h3-6H,1-2H3,(H,12,14,16). The molecule has 0 saturated heterocycles. The number of anilines is 3. The summed E-state index contributed by atoms with van der Waals surface area (Å²) in [6.45, 7) is 0. The summed E-state index contributed by atoms with van der Waals surface area (Å²) in [5, 5.41) is 3.34. The average Bonchev–Trinajstić information content (AvgIpc) is 2.38. The Kier molecular flexibility index (Phi) is 3.34. The Labute approximate surface area is 104 Å². The molecule has 6 nitrogen and oxygen atoms in total. The second kappa shape index (κ2) is 4.92. The summed E-state index contributed by atoms with van der Waals surface area (Å²) in [5.74, 6) is 2.13. The zero-order valence-corrected chi connectivity index (χ0v) is 10.2.